The van der Waals surface area contributed by atoms with E-state index in [9.17, 15) is 9.59 Å². The van der Waals surface area contributed by atoms with Crippen LogP contribution in [0, 0.1) is 0 Å². The van der Waals surface area contributed by atoms with Gasteiger partial charge in [-0.2, -0.15) is 0 Å². The van der Waals surface area contributed by atoms with Crippen molar-refractivity contribution in [3.05, 3.63) is 28.4 Å². The zero-order valence-electron chi connectivity index (χ0n) is 8.63. The number of carbonyl (C=O) groups is 1. The second-order valence-electron chi connectivity index (χ2n) is 3.68. The molecule has 1 aliphatic heterocycles. The molecule has 1 atom stereocenters. The molecular weight excluding hydrogens is 212 g/mol. The predicted molar refractivity (Wildman–Crippen MR) is 54.1 cm³/mol. The topological polar surface area (TPSA) is 81.4 Å². The normalized spacial score (nSPS) is 19.9. The first kappa shape index (κ1) is 10.8. The minimum absolute atomic E-state index is 0.118. The summed E-state index contributed by atoms with van der Waals surface area (Å²) in [4.78, 5) is 26.0. The van der Waals surface area contributed by atoms with Crippen molar-refractivity contribution in [1.82, 2.24) is 9.55 Å². The molecule has 0 saturated carbocycles. The lowest BCUT2D eigenvalue weighted by Gasteiger charge is -2.09. The number of rotatable bonds is 3. The number of carboxylic acids is 1. The zero-order chi connectivity index (χ0) is 11.5. The molecule has 0 unspecified atom stereocenters. The van der Waals surface area contributed by atoms with E-state index < -0.39 is 5.97 Å². The van der Waals surface area contributed by atoms with Gasteiger partial charge < -0.3 is 9.84 Å². The van der Waals surface area contributed by atoms with Crippen molar-refractivity contribution in [2.75, 3.05) is 6.61 Å². The Labute approximate surface area is 91.5 Å². The monoisotopic (exact) mass is 224 g/mol. The molecule has 2 heterocycles. The van der Waals surface area contributed by atoms with E-state index in [0.29, 0.717) is 12.3 Å². The Balaban J connectivity index is 2.21. The summed E-state index contributed by atoms with van der Waals surface area (Å²) in [7, 11) is 0. The second-order valence-corrected chi connectivity index (χ2v) is 3.68. The van der Waals surface area contributed by atoms with E-state index >= 15 is 0 Å². The highest BCUT2D eigenvalue weighted by molar-refractivity contribution is 5.66. The maximum atomic E-state index is 11.5. The van der Waals surface area contributed by atoms with Crippen LogP contribution in [-0.2, 0) is 16.1 Å². The first-order chi connectivity index (χ1) is 7.66. The Morgan fingerprint density at radius 3 is 3.06 bits per heavy atom. The van der Waals surface area contributed by atoms with Crippen molar-refractivity contribution in [3.63, 3.8) is 0 Å². The van der Waals surface area contributed by atoms with Gasteiger partial charge in [0.15, 0.2) is 0 Å². The molecule has 1 aromatic heterocycles. The maximum absolute atomic E-state index is 11.5. The molecule has 1 aliphatic rings. The number of hydrogen-bond acceptors (Lipinski definition) is 4. The molecule has 0 aromatic carbocycles. The molecule has 0 spiro atoms. The van der Waals surface area contributed by atoms with Crippen LogP contribution in [0.5, 0.6) is 0 Å². The highest BCUT2D eigenvalue weighted by Gasteiger charge is 2.19. The lowest BCUT2D eigenvalue weighted by Crippen LogP contribution is -2.24. The Morgan fingerprint density at radius 1 is 1.69 bits per heavy atom. The fourth-order valence-electron chi connectivity index (χ4n) is 1.69. The van der Waals surface area contributed by atoms with Crippen LogP contribution in [-0.4, -0.2) is 27.2 Å². The van der Waals surface area contributed by atoms with Crippen LogP contribution in [0.2, 0.25) is 0 Å². The van der Waals surface area contributed by atoms with E-state index in [2.05, 4.69) is 4.98 Å². The van der Waals surface area contributed by atoms with Gasteiger partial charge in [0.05, 0.1) is 18.1 Å². The summed E-state index contributed by atoms with van der Waals surface area (Å²) in [6, 6.07) is 1.35. The summed E-state index contributed by atoms with van der Waals surface area (Å²) in [6.07, 6.45) is 2.96. The van der Waals surface area contributed by atoms with Crippen molar-refractivity contribution >= 4 is 5.97 Å². The molecule has 86 valence electrons. The maximum Gasteiger partial charge on any atom is 0.323 e. The quantitative estimate of drug-likeness (QED) is 0.792. The average molecular weight is 224 g/mol. The van der Waals surface area contributed by atoms with Gasteiger partial charge in [-0.15, -0.1) is 0 Å². The first-order valence-corrected chi connectivity index (χ1v) is 5.06. The summed E-state index contributed by atoms with van der Waals surface area (Å²) < 4.78 is 6.44. The Hall–Kier alpha value is -1.69. The van der Waals surface area contributed by atoms with Crippen molar-refractivity contribution in [2.45, 2.75) is 25.5 Å². The van der Waals surface area contributed by atoms with Gasteiger partial charge in [-0.3, -0.25) is 14.2 Å². The van der Waals surface area contributed by atoms with Gasteiger partial charge in [0.2, 0.25) is 0 Å². The van der Waals surface area contributed by atoms with Gasteiger partial charge in [0.25, 0.3) is 5.56 Å². The first-order valence-electron chi connectivity index (χ1n) is 5.06. The fraction of sp³-hybridized carbons (Fsp3) is 0.500. The van der Waals surface area contributed by atoms with Crippen LogP contribution in [0.15, 0.2) is 17.2 Å². The van der Waals surface area contributed by atoms with Gasteiger partial charge in [-0.1, -0.05) is 0 Å². The lowest BCUT2D eigenvalue weighted by molar-refractivity contribution is -0.137. The summed E-state index contributed by atoms with van der Waals surface area (Å²) in [5.74, 6) is -1.06. The third kappa shape index (κ3) is 2.27. The van der Waals surface area contributed by atoms with Crippen LogP contribution in [0.3, 0.4) is 0 Å². The van der Waals surface area contributed by atoms with E-state index in [-0.39, 0.29) is 18.2 Å². The Morgan fingerprint density at radius 2 is 2.50 bits per heavy atom. The van der Waals surface area contributed by atoms with Crippen molar-refractivity contribution in [3.8, 4) is 0 Å². The molecule has 16 heavy (non-hydrogen) atoms. The molecule has 0 bridgehead atoms. The second kappa shape index (κ2) is 4.44. The lowest BCUT2D eigenvalue weighted by atomic mass is 10.2. The zero-order valence-corrected chi connectivity index (χ0v) is 8.63. The van der Waals surface area contributed by atoms with Crippen LogP contribution in [0.4, 0.5) is 0 Å². The van der Waals surface area contributed by atoms with Crippen molar-refractivity contribution in [1.29, 1.82) is 0 Å². The minimum atomic E-state index is -1.06. The third-order valence-electron chi connectivity index (χ3n) is 2.47. The summed E-state index contributed by atoms with van der Waals surface area (Å²) in [6.45, 7) is 0.322. The highest BCUT2D eigenvalue weighted by Crippen LogP contribution is 2.25. The smallest absolute Gasteiger partial charge is 0.323 e. The summed E-state index contributed by atoms with van der Waals surface area (Å²) in [5.41, 5.74) is 0.229. The Bertz CT molecular complexity index is 448. The molecule has 6 nitrogen and oxygen atoms in total. The standard InChI is InChI=1S/C10H12N2O4/c13-9-4-7(8-2-1-3-16-8)11-6-12(9)5-10(14)15/h4,6,8H,1-3,5H2,(H,14,15)/t8-/m0/s1. The van der Waals surface area contributed by atoms with E-state index in [1.807, 2.05) is 0 Å². The SMILES string of the molecule is O=C(O)Cn1cnc([C@@H]2CCCO2)cc1=O. The molecule has 2 rings (SSSR count). The van der Waals surface area contributed by atoms with Gasteiger partial charge >= 0.3 is 5.97 Å². The van der Waals surface area contributed by atoms with Crippen LogP contribution < -0.4 is 5.56 Å². The third-order valence-corrected chi connectivity index (χ3v) is 2.47. The molecular formula is C10H12N2O4. The number of aromatic nitrogens is 2. The molecule has 1 aromatic rings. The summed E-state index contributed by atoms with van der Waals surface area (Å²) in [5, 5.41) is 8.56. The minimum Gasteiger partial charge on any atom is -0.480 e. The van der Waals surface area contributed by atoms with Crippen molar-refractivity contribution in [2.24, 2.45) is 0 Å². The Kier molecular flexibility index (Phi) is 3.00. The van der Waals surface area contributed by atoms with E-state index in [4.69, 9.17) is 9.84 Å². The molecule has 1 fully saturated rings. The summed E-state index contributed by atoms with van der Waals surface area (Å²) >= 11 is 0. The van der Waals surface area contributed by atoms with Gasteiger partial charge in [-0.05, 0) is 12.8 Å². The molecule has 0 amide bonds. The molecule has 6 heteroatoms. The van der Waals surface area contributed by atoms with Gasteiger partial charge in [0, 0.05) is 12.7 Å². The predicted octanol–water partition coefficient (Wildman–Crippen LogP) is 0.179. The number of ether oxygens (including phenoxy) is 1. The van der Waals surface area contributed by atoms with Crippen LogP contribution in [0.25, 0.3) is 0 Å². The van der Waals surface area contributed by atoms with Crippen LogP contribution >= 0.6 is 0 Å². The van der Waals surface area contributed by atoms with E-state index in [1.54, 1.807) is 0 Å². The van der Waals surface area contributed by atoms with Gasteiger partial charge in [-0.25, -0.2) is 4.98 Å². The van der Waals surface area contributed by atoms with Crippen molar-refractivity contribution < 1.29 is 14.6 Å². The average Bonchev–Trinajstić information content (AvgIpc) is 2.73. The largest absolute Gasteiger partial charge is 0.480 e. The van der Waals surface area contributed by atoms with E-state index in [0.717, 1.165) is 17.4 Å². The molecule has 0 aliphatic carbocycles. The van der Waals surface area contributed by atoms with E-state index in [1.165, 1.54) is 12.4 Å². The van der Waals surface area contributed by atoms with Gasteiger partial charge in [0.1, 0.15) is 6.54 Å². The molecule has 1 saturated heterocycles. The fourth-order valence-corrected chi connectivity index (χ4v) is 1.69. The van der Waals surface area contributed by atoms with Crippen LogP contribution in [0.1, 0.15) is 24.6 Å². The number of carboxylic acid groups (broad SMARTS) is 1. The number of nitrogens with zero attached hydrogens (tertiary/aromatic N) is 2. The highest BCUT2D eigenvalue weighted by atomic mass is 16.5. The molecule has 0 radical (unpaired) electrons. The number of aliphatic carboxylic acids is 1. The molecule has 1 N–H and O–H groups in total. The number of hydrogen-bond donors (Lipinski definition) is 1.